The van der Waals surface area contributed by atoms with Crippen molar-refractivity contribution in [1.29, 1.82) is 0 Å². The molecule has 0 aliphatic carbocycles. The second-order valence-electron chi connectivity index (χ2n) is 3.09. The molecular weight excluding hydrogens is 311 g/mol. The highest BCUT2D eigenvalue weighted by Gasteiger charge is 2.47. The van der Waals surface area contributed by atoms with E-state index >= 15 is 0 Å². The first-order chi connectivity index (χ1) is 7.07. The number of aryl methyl sites for hydroxylation is 1. The number of anilines is 1. The average molecular weight is 318 g/mol. The van der Waals surface area contributed by atoms with Crippen molar-refractivity contribution in [2.75, 3.05) is 5.73 Å². The van der Waals surface area contributed by atoms with E-state index < -0.39 is 25.9 Å². The third-order valence-corrected chi connectivity index (χ3v) is 4.28. The van der Waals surface area contributed by atoms with E-state index in [0.717, 1.165) is 6.07 Å². The van der Waals surface area contributed by atoms with Crippen LogP contribution in [0.15, 0.2) is 21.5 Å². The first-order valence-electron chi connectivity index (χ1n) is 3.94. The second-order valence-corrected chi connectivity index (χ2v) is 5.85. The molecule has 0 unspecified atom stereocenters. The zero-order chi connectivity index (χ0) is 12.7. The van der Waals surface area contributed by atoms with Gasteiger partial charge >= 0.3 is 5.51 Å². The van der Waals surface area contributed by atoms with Gasteiger partial charge in [-0.2, -0.15) is 13.2 Å². The number of benzene rings is 1. The molecule has 0 aliphatic heterocycles. The molecular formula is C8H7BrF3NO2S. The third-order valence-electron chi connectivity index (χ3n) is 1.89. The summed E-state index contributed by atoms with van der Waals surface area (Å²) in [4.78, 5) is -0.933. The van der Waals surface area contributed by atoms with Crippen LogP contribution in [0.2, 0.25) is 0 Å². The maximum absolute atomic E-state index is 12.3. The molecule has 90 valence electrons. The summed E-state index contributed by atoms with van der Waals surface area (Å²) in [6.07, 6.45) is 0. The van der Waals surface area contributed by atoms with Gasteiger partial charge in [0.05, 0.1) is 5.69 Å². The Hall–Kier alpha value is -0.760. The van der Waals surface area contributed by atoms with Crippen LogP contribution in [0.3, 0.4) is 0 Å². The lowest BCUT2D eigenvalue weighted by Gasteiger charge is -2.11. The van der Waals surface area contributed by atoms with E-state index in [1.54, 1.807) is 6.92 Å². The zero-order valence-electron chi connectivity index (χ0n) is 7.97. The van der Waals surface area contributed by atoms with Crippen LogP contribution in [0, 0.1) is 6.92 Å². The zero-order valence-corrected chi connectivity index (χ0v) is 10.4. The molecule has 0 atom stereocenters. The fraction of sp³-hybridized carbons (Fsp3) is 0.250. The molecule has 0 radical (unpaired) electrons. The van der Waals surface area contributed by atoms with Crippen molar-refractivity contribution in [3.8, 4) is 0 Å². The van der Waals surface area contributed by atoms with Crippen molar-refractivity contribution in [3.63, 3.8) is 0 Å². The van der Waals surface area contributed by atoms with E-state index in [0.29, 0.717) is 5.56 Å². The predicted molar refractivity (Wildman–Crippen MR) is 56.5 cm³/mol. The van der Waals surface area contributed by atoms with Crippen molar-refractivity contribution < 1.29 is 21.6 Å². The molecule has 0 aliphatic rings. The van der Waals surface area contributed by atoms with E-state index in [1.807, 2.05) is 0 Å². The minimum absolute atomic E-state index is 0.254. The fourth-order valence-corrected chi connectivity index (χ4v) is 2.43. The van der Waals surface area contributed by atoms with Crippen LogP contribution < -0.4 is 5.73 Å². The molecule has 0 fully saturated rings. The van der Waals surface area contributed by atoms with Gasteiger partial charge in [-0.25, -0.2) is 8.42 Å². The molecule has 8 heteroatoms. The molecule has 16 heavy (non-hydrogen) atoms. The molecule has 2 N–H and O–H groups in total. The SMILES string of the molecule is Cc1cc(N)c(S(=O)(=O)C(F)(F)F)cc1Br. The summed E-state index contributed by atoms with van der Waals surface area (Å²) in [5.41, 5.74) is 0.0575. The smallest absolute Gasteiger partial charge is 0.398 e. The monoisotopic (exact) mass is 317 g/mol. The molecule has 3 nitrogen and oxygen atoms in total. The summed E-state index contributed by atoms with van der Waals surface area (Å²) in [5.74, 6) is 0. The topological polar surface area (TPSA) is 60.2 Å². The third kappa shape index (κ3) is 2.17. The fourth-order valence-electron chi connectivity index (χ4n) is 1.04. The maximum atomic E-state index is 12.3. The summed E-state index contributed by atoms with van der Waals surface area (Å²) in [5, 5.41) is 0. The molecule has 0 aromatic heterocycles. The lowest BCUT2D eigenvalue weighted by molar-refractivity contribution is -0.0435. The number of alkyl halides is 3. The Bertz CT molecular complexity index is 525. The molecule has 1 aromatic rings. The summed E-state index contributed by atoms with van der Waals surface area (Å²) >= 11 is 2.95. The molecule has 0 amide bonds. The van der Waals surface area contributed by atoms with Crippen LogP contribution in [-0.4, -0.2) is 13.9 Å². The molecule has 1 rings (SSSR count). The Morgan fingerprint density at radius 1 is 1.31 bits per heavy atom. The Labute approximate surface area is 98.5 Å². The minimum Gasteiger partial charge on any atom is -0.398 e. The summed E-state index contributed by atoms with van der Waals surface area (Å²) in [6, 6.07) is 2.02. The number of sulfone groups is 1. The Morgan fingerprint density at radius 2 is 1.81 bits per heavy atom. The van der Waals surface area contributed by atoms with E-state index in [2.05, 4.69) is 15.9 Å². The van der Waals surface area contributed by atoms with Gasteiger partial charge in [-0.3, -0.25) is 0 Å². The average Bonchev–Trinajstić information content (AvgIpc) is 2.09. The lowest BCUT2D eigenvalue weighted by Crippen LogP contribution is -2.24. The van der Waals surface area contributed by atoms with E-state index in [4.69, 9.17) is 5.73 Å². The molecule has 1 aromatic carbocycles. The van der Waals surface area contributed by atoms with Gasteiger partial charge in [0, 0.05) is 4.47 Å². The van der Waals surface area contributed by atoms with Crippen molar-refractivity contribution >= 4 is 31.5 Å². The van der Waals surface area contributed by atoms with Crippen molar-refractivity contribution in [1.82, 2.24) is 0 Å². The van der Waals surface area contributed by atoms with Crippen molar-refractivity contribution in [3.05, 3.63) is 22.2 Å². The van der Waals surface area contributed by atoms with Crippen molar-refractivity contribution in [2.24, 2.45) is 0 Å². The summed E-state index contributed by atoms with van der Waals surface area (Å²) in [7, 11) is -5.40. The van der Waals surface area contributed by atoms with Gasteiger partial charge in [-0.1, -0.05) is 15.9 Å². The van der Waals surface area contributed by atoms with E-state index in [9.17, 15) is 21.6 Å². The Balaban J connectivity index is 3.53. The number of hydrogen-bond acceptors (Lipinski definition) is 3. The second kappa shape index (κ2) is 3.92. The Morgan fingerprint density at radius 3 is 2.25 bits per heavy atom. The normalized spacial score (nSPS) is 12.8. The van der Waals surface area contributed by atoms with Gasteiger partial charge in [-0.15, -0.1) is 0 Å². The summed E-state index contributed by atoms with van der Waals surface area (Å²) in [6.45, 7) is 1.59. The number of hydrogen-bond donors (Lipinski definition) is 1. The number of nitrogen functional groups attached to an aromatic ring is 1. The molecule has 0 saturated carbocycles. The van der Waals surface area contributed by atoms with Crippen LogP contribution in [0.25, 0.3) is 0 Å². The molecule has 0 spiro atoms. The summed E-state index contributed by atoms with van der Waals surface area (Å²) < 4.78 is 59.3. The minimum atomic E-state index is -5.40. The van der Waals surface area contributed by atoms with Crippen LogP contribution in [-0.2, 0) is 9.84 Å². The molecule has 0 heterocycles. The molecule has 0 saturated heterocycles. The van der Waals surface area contributed by atoms with Gasteiger partial charge in [0.25, 0.3) is 9.84 Å². The first kappa shape index (κ1) is 13.3. The van der Waals surface area contributed by atoms with E-state index in [1.165, 1.54) is 6.07 Å². The number of halogens is 4. The highest BCUT2D eigenvalue weighted by Crippen LogP contribution is 2.35. The number of rotatable bonds is 1. The van der Waals surface area contributed by atoms with Crippen LogP contribution >= 0.6 is 15.9 Å². The quantitative estimate of drug-likeness (QED) is 0.810. The highest BCUT2D eigenvalue weighted by atomic mass is 79.9. The molecule has 0 bridgehead atoms. The van der Waals surface area contributed by atoms with Gasteiger partial charge in [-0.05, 0) is 24.6 Å². The maximum Gasteiger partial charge on any atom is 0.501 e. The first-order valence-corrected chi connectivity index (χ1v) is 6.22. The van der Waals surface area contributed by atoms with Crippen LogP contribution in [0.4, 0.5) is 18.9 Å². The number of nitrogens with two attached hydrogens (primary N) is 1. The van der Waals surface area contributed by atoms with Gasteiger partial charge in [0.1, 0.15) is 4.90 Å². The van der Waals surface area contributed by atoms with Gasteiger partial charge < -0.3 is 5.73 Å². The van der Waals surface area contributed by atoms with E-state index in [-0.39, 0.29) is 4.47 Å². The predicted octanol–water partition coefficient (Wildman–Crippen LogP) is 2.63. The van der Waals surface area contributed by atoms with Gasteiger partial charge in [0.2, 0.25) is 0 Å². The van der Waals surface area contributed by atoms with Crippen molar-refractivity contribution in [2.45, 2.75) is 17.3 Å². The standard InChI is InChI=1S/C8H7BrF3NO2S/c1-4-2-6(13)7(3-5(4)9)16(14,15)8(10,11)12/h2-3H,13H2,1H3. The Kier molecular flexibility index (Phi) is 3.26. The van der Waals surface area contributed by atoms with Crippen LogP contribution in [0.1, 0.15) is 5.56 Å². The largest absolute Gasteiger partial charge is 0.501 e. The van der Waals surface area contributed by atoms with Gasteiger partial charge in [0.15, 0.2) is 0 Å². The lowest BCUT2D eigenvalue weighted by atomic mass is 10.2. The van der Waals surface area contributed by atoms with Crippen LogP contribution in [0.5, 0.6) is 0 Å². The highest BCUT2D eigenvalue weighted by molar-refractivity contribution is 9.10.